The number of anilines is 1. The Hall–Kier alpha value is -2.11. The molecule has 3 rings (SSSR count). The number of pyridine rings is 1. The third-order valence-electron chi connectivity index (χ3n) is 3.71. The van der Waals surface area contributed by atoms with Crippen LogP contribution in [0.3, 0.4) is 0 Å². The first-order valence-electron chi connectivity index (χ1n) is 7.62. The molecular weight excluding hydrogens is 344 g/mol. The molecule has 0 aliphatic rings. The highest BCUT2D eigenvalue weighted by Crippen LogP contribution is 2.24. The van der Waals surface area contributed by atoms with Crippen LogP contribution in [0.25, 0.3) is 10.9 Å². The van der Waals surface area contributed by atoms with E-state index in [1.807, 2.05) is 24.3 Å². The smallest absolute Gasteiger partial charge is 0.178 e. The molecule has 0 aliphatic carbocycles. The summed E-state index contributed by atoms with van der Waals surface area (Å²) in [5, 5.41) is 4.89. The summed E-state index contributed by atoms with van der Waals surface area (Å²) < 4.78 is 24.5. The monoisotopic (exact) mass is 360 g/mol. The average Bonchev–Trinajstić information content (AvgIpc) is 2.59. The van der Waals surface area contributed by atoms with E-state index in [1.54, 1.807) is 36.5 Å². The molecule has 2 aromatic carbocycles. The van der Waals surface area contributed by atoms with Gasteiger partial charge in [0.1, 0.15) is 0 Å². The molecule has 0 saturated carbocycles. The Labute approximate surface area is 146 Å². The summed E-state index contributed by atoms with van der Waals surface area (Å²) in [7, 11) is -3.23. The lowest BCUT2D eigenvalue weighted by Gasteiger charge is -2.10. The Morgan fingerprint density at radius 1 is 1.04 bits per heavy atom. The predicted molar refractivity (Wildman–Crippen MR) is 98.4 cm³/mol. The van der Waals surface area contributed by atoms with Crippen molar-refractivity contribution in [1.29, 1.82) is 0 Å². The van der Waals surface area contributed by atoms with Crippen molar-refractivity contribution in [2.75, 3.05) is 17.6 Å². The molecule has 1 aromatic heterocycles. The van der Waals surface area contributed by atoms with Gasteiger partial charge in [-0.1, -0.05) is 29.8 Å². The van der Waals surface area contributed by atoms with Crippen molar-refractivity contribution in [1.82, 2.24) is 4.98 Å². The molecule has 0 radical (unpaired) electrons. The van der Waals surface area contributed by atoms with Gasteiger partial charge in [-0.15, -0.1) is 0 Å². The zero-order valence-corrected chi connectivity index (χ0v) is 14.5. The highest BCUT2D eigenvalue weighted by Gasteiger charge is 2.13. The molecule has 1 N–H and O–H groups in total. The summed E-state index contributed by atoms with van der Waals surface area (Å²) in [5.41, 5.74) is 1.73. The van der Waals surface area contributed by atoms with E-state index in [9.17, 15) is 8.42 Å². The van der Waals surface area contributed by atoms with Crippen LogP contribution >= 0.6 is 11.6 Å². The SMILES string of the molecule is O=S(=O)(CCCNc1ccnc2cc(Cl)ccc12)c1ccccc1. The van der Waals surface area contributed by atoms with E-state index in [0.29, 0.717) is 22.9 Å². The first-order valence-corrected chi connectivity index (χ1v) is 9.65. The number of nitrogens with one attached hydrogen (secondary N) is 1. The lowest BCUT2D eigenvalue weighted by molar-refractivity contribution is 0.594. The molecule has 24 heavy (non-hydrogen) atoms. The van der Waals surface area contributed by atoms with Gasteiger partial charge in [0.25, 0.3) is 0 Å². The largest absolute Gasteiger partial charge is 0.384 e. The standard InChI is InChI=1S/C18H17ClN2O2S/c19-14-7-8-16-17(9-11-21-18(16)13-14)20-10-4-12-24(22,23)15-5-2-1-3-6-15/h1-3,5-9,11,13H,4,10,12H2,(H,20,21). The van der Waals surface area contributed by atoms with Gasteiger partial charge in [0.05, 0.1) is 16.2 Å². The maximum absolute atomic E-state index is 12.2. The Balaban J connectivity index is 1.63. The van der Waals surface area contributed by atoms with Crippen LogP contribution in [0.1, 0.15) is 6.42 Å². The van der Waals surface area contributed by atoms with Gasteiger partial charge in [0, 0.05) is 28.8 Å². The van der Waals surface area contributed by atoms with Crippen LogP contribution in [-0.4, -0.2) is 25.7 Å². The van der Waals surface area contributed by atoms with Crippen LogP contribution in [-0.2, 0) is 9.84 Å². The number of sulfone groups is 1. The first-order chi connectivity index (χ1) is 11.6. The second-order valence-corrected chi connectivity index (χ2v) is 7.98. The molecule has 4 nitrogen and oxygen atoms in total. The van der Waals surface area contributed by atoms with Gasteiger partial charge in [-0.2, -0.15) is 0 Å². The molecule has 0 aliphatic heterocycles. The molecular formula is C18H17ClN2O2S. The van der Waals surface area contributed by atoms with Crippen LogP contribution in [0.2, 0.25) is 5.02 Å². The number of hydrogen-bond acceptors (Lipinski definition) is 4. The second-order valence-electron chi connectivity index (χ2n) is 5.43. The highest BCUT2D eigenvalue weighted by atomic mass is 35.5. The number of aromatic nitrogens is 1. The van der Waals surface area contributed by atoms with E-state index in [4.69, 9.17) is 11.6 Å². The van der Waals surface area contributed by atoms with E-state index in [-0.39, 0.29) is 5.75 Å². The molecule has 0 spiro atoms. The molecule has 0 saturated heterocycles. The molecule has 124 valence electrons. The molecule has 1 heterocycles. The Morgan fingerprint density at radius 3 is 2.62 bits per heavy atom. The van der Waals surface area contributed by atoms with Gasteiger partial charge in [0.15, 0.2) is 9.84 Å². The van der Waals surface area contributed by atoms with Crippen molar-refractivity contribution >= 4 is 38.0 Å². The third kappa shape index (κ3) is 3.86. The summed E-state index contributed by atoms with van der Waals surface area (Å²) in [4.78, 5) is 4.66. The van der Waals surface area contributed by atoms with Crippen LogP contribution < -0.4 is 5.32 Å². The first kappa shape index (κ1) is 16.7. The zero-order chi connectivity index (χ0) is 17.0. The fraction of sp³-hybridized carbons (Fsp3) is 0.167. The van der Waals surface area contributed by atoms with Crippen LogP contribution in [0.5, 0.6) is 0 Å². The minimum Gasteiger partial charge on any atom is -0.384 e. The van der Waals surface area contributed by atoms with Crippen molar-refractivity contribution < 1.29 is 8.42 Å². The quantitative estimate of drug-likeness (QED) is 0.670. The molecule has 6 heteroatoms. The maximum atomic E-state index is 12.2. The number of rotatable bonds is 6. The van der Waals surface area contributed by atoms with Crippen molar-refractivity contribution in [2.45, 2.75) is 11.3 Å². The van der Waals surface area contributed by atoms with E-state index in [1.165, 1.54) is 0 Å². The van der Waals surface area contributed by atoms with Crippen molar-refractivity contribution in [3.05, 3.63) is 65.8 Å². The lowest BCUT2D eigenvalue weighted by Crippen LogP contribution is -2.11. The van der Waals surface area contributed by atoms with Crippen molar-refractivity contribution in [3.63, 3.8) is 0 Å². The summed E-state index contributed by atoms with van der Waals surface area (Å²) in [5.74, 6) is 0.110. The number of benzene rings is 2. The topological polar surface area (TPSA) is 59.1 Å². The molecule has 0 fully saturated rings. The second kappa shape index (κ2) is 7.20. The number of halogens is 1. The van der Waals surface area contributed by atoms with Crippen LogP contribution in [0, 0.1) is 0 Å². The van der Waals surface area contributed by atoms with E-state index < -0.39 is 9.84 Å². The molecule has 0 atom stereocenters. The lowest BCUT2D eigenvalue weighted by atomic mass is 10.2. The van der Waals surface area contributed by atoms with E-state index in [0.717, 1.165) is 16.6 Å². The van der Waals surface area contributed by atoms with E-state index in [2.05, 4.69) is 10.3 Å². The fourth-order valence-electron chi connectivity index (χ4n) is 2.51. The average molecular weight is 361 g/mol. The minimum atomic E-state index is -3.23. The number of fused-ring (bicyclic) bond motifs is 1. The third-order valence-corrected chi connectivity index (χ3v) is 5.76. The van der Waals surface area contributed by atoms with Gasteiger partial charge in [-0.3, -0.25) is 4.98 Å². The Bertz CT molecular complexity index is 944. The van der Waals surface area contributed by atoms with Crippen molar-refractivity contribution in [2.24, 2.45) is 0 Å². The van der Waals surface area contributed by atoms with Gasteiger partial charge in [0.2, 0.25) is 0 Å². The Kier molecular flexibility index (Phi) is 5.02. The summed E-state index contributed by atoms with van der Waals surface area (Å²) in [6.45, 7) is 0.563. The molecule has 0 amide bonds. The van der Waals surface area contributed by atoms with E-state index >= 15 is 0 Å². The molecule has 0 unspecified atom stereocenters. The molecule has 3 aromatic rings. The fourth-order valence-corrected chi connectivity index (χ4v) is 4.00. The summed E-state index contributed by atoms with van der Waals surface area (Å²) in [6.07, 6.45) is 2.23. The van der Waals surface area contributed by atoms with Crippen LogP contribution in [0.4, 0.5) is 5.69 Å². The van der Waals surface area contributed by atoms with Gasteiger partial charge >= 0.3 is 0 Å². The number of nitrogens with zero attached hydrogens (tertiary/aromatic N) is 1. The van der Waals surface area contributed by atoms with Gasteiger partial charge in [-0.25, -0.2) is 8.42 Å². The molecule has 0 bridgehead atoms. The predicted octanol–water partition coefficient (Wildman–Crippen LogP) is 4.16. The Morgan fingerprint density at radius 2 is 1.83 bits per heavy atom. The summed E-state index contributed by atoms with van der Waals surface area (Å²) in [6, 6.07) is 15.9. The number of hydrogen-bond donors (Lipinski definition) is 1. The zero-order valence-electron chi connectivity index (χ0n) is 12.9. The van der Waals surface area contributed by atoms with Crippen LogP contribution in [0.15, 0.2) is 65.7 Å². The maximum Gasteiger partial charge on any atom is 0.178 e. The minimum absolute atomic E-state index is 0.110. The normalized spacial score (nSPS) is 11.5. The van der Waals surface area contributed by atoms with Crippen molar-refractivity contribution in [3.8, 4) is 0 Å². The highest BCUT2D eigenvalue weighted by molar-refractivity contribution is 7.91. The van der Waals surface area contributed by atoms with Gasteiger partial charge < -0.3 is 5.32 Å². The summed E-state index contributed by atoms with van der Waals surface area (Å²) >= 11 is 5.98. The van der Waals surface area contributed by atoms with Gasteiger partial charge in [-0.05, 0) is 42.8 Å².